The van der Waals surface area contributed by atoms with Gasteiger partial charge in [0, 0.05) is 0 Å². The smallest absolute Gasteiger partial charge is 0.130 e. The summed E-state index contributed by atoms with van der Waals surface area (Å²) in [5.41, 5.74) is 0. The van der Waals surface area contributed by atoms with E-state index in [-0.39, 0.29) is 5.75 Å². The molecule has 0 amide bonds. The number of aromatic hydroxyl groups is 1. The summed E-state index contributed by atoms with van der Waals surface area (Å²) in [6, 6.07) is 5.05. The maximum absolute atomic E-state index is 9.11. The summed E-state index contributed by atoms with van der Waals surface area (Å²) in [5, 5.41) is 9.11. The quantitative estimate of drug-likeness (QED) is 0.824. The molecule has 60 valence electrons. The molecule has 0 saturated carbocycles. The van der Waals surface area contributed by atoms with Crippen LogP contribution in [0.1, 0.15) is 6.92 Å². The lowest BCUT2D eigenvalue weighted by Crippen LogP contribution is -1.90. The average molecular weight is 217 g/mol. The third-order valence-electron chi connectivity index (χ3n) is 1.23. The van der Waals surface area contributed by atoms with Crippen molar-refractivity contribution < 1.29 is 9.84 Å². The van der Waals surface area contributed by atoms with Gasteiger partial charge in [0.25, 0.3) is 0 Å². The minimum Gasteiger partial charge on any atom is -0.507 e. The zero-order valence-corrected chi connectivity index (χ0v) is 7.76. The molecule has 3 heteroatoms. The highest BCUT2D eigenvalue weighted by atomic mass is 79.9. The monoisotopic (exact) mass is 216 g/mol. The first-order valence-electron chi connectivity index (χ1n) is 3.35. The van der Waals surface area contributed by atoms with Crippen molar-refractivity contribution in [2.24, 2.45) is 0 Å². The molecule has 2 nitrogen and oxygen atoms in total. The van der Waals surface area contributed by atoms with Crippen molar-refractivity contribution in [2.45, 2.75) is 6.92 Å². The summed E-state index contributed by atoms with van der Waals surface area (Å²) >= 11 is 3.19. The Morgan fingerprint density at radius 2 is 2.27 bits per heavy atom. The van der Waals surface area contributed by atoms with E-state index in [2.05, 4.69) is 15.9 Å². The minimum atomic E-state index is 0.230. The predicted molar refractivity (Wildman–Crippen MR) is 47.0 cm³/mol. The molecular formula is C8H9BrO2. The van der Waals surface area contributed by atoms with E-state index in [1.54, 1.807) is 18.2 Å². The van der Waals surface area contributed by atoms with Crippen LogP contribution >= 0.6 is 15.9 Å². The van der Waals surface area contributed by atoms with Crippen LogP contribution in [0.25, 0.3) is 0 Å². The Morgan fingerprint density at radius 3 is 2.82 bits per heavy atom. The van der Waals surface area contributed by atoms with Gasteiger partial charge in [-0.05, 0) is 41.1 Å². The van der Waals surface area contributed by atoms with Crippen LogP contribution in [-0.4, -0.2) is 11.7 Å². The third kappa shape index (κ3) is 2.12. The second kappa shape index (κ2) is 3.62. The Hall–Kier alpha value is -0.700. The van der Waals surface area contributed by atoms with Gasteiger partial charge >= 0.3 is 0 Å². The van der Waals surface area contributed by atoms with Gasteiger partial charge in [0.1, 0.15) is 11.5 Å². The number of phenols is 1. The molecule has 0 atom stereocenters. The first-order valence-corrected chi connectivity index (χ1v) is 4.14. The zero-order chi connectivity index (χ0) is 8.27. The number of benzene rings is 1. The fraction of sp³-hybridized carbons (Fsp3) is 0.250. The molecule has 1 aromatic rings. The highest BCUT2D eigenvalue weighted by Gasteiger charge is 1.98. The Labute approximate surface area is 73.9 Å². The Balaban J connectivity index is 2.86. The van der Waals surface area contributed by atoms with Crippen molar-refractivity contribution in [2.75, 3.05) is 6.61 Å². The maximum atomic E-state index is 9.11. The molecule has 0 bridgehead atoms. The normalized spacial score (nSPS) is 9.64. The van der Waals surface area contributed by atoms with Gasteiger partial charge in [-0.2, -0.15) is 0 Å². The minimum absolute atomic E-state index is 0.230. The van der Waals surface area contributed by atoms with Crippen molar-refractivity contribution in [3.63, 3.8) is 0 Å². The summed E-state index contributed by atoms with van der Waals surface area (Å²) in [4.78, 5) is 0. The molecule has 1 rings (SSSR count). The fourth-order valence-electron chi connectivity index (χ4n) is 0.744. The van der Waals surface area contributed by atoms with Crippen LogP contribution in [0.2, 0.25) is 0 Å². The number of ether oxygens (including phenoxy) is 1. The van der Waals surface area contributed by atoms with Crippen molar-refractivity contribution in [1.82, 2.24) is 0 Å². The lowest BCUT2D eigenvalue weighted by molar-refractivity contribution is 0.339. The topological polar surface area (TPSA) is 29.5 Å². The highest BCUT2D eigenvalue weighted by molar-refractivity contribution is 9.10. The second-order valence-corrected chi connectivity index (χ2v) is 2.90. The first kappa shape index (κ1) is 8.40. The van der Waals surface area contributed by atoms with E-state index in [4.69, 9.17) is 9.84 Å². The van der Waals surface area contributed by atoms with Gasteiger partial charge in [-0.3, -0.25) is 0 Å². The van der Waals surface area contributed by atoms with E-state index in [9.17, 15) is 0 Å². The molecule has 0 aliphatic heterocycles. The second-order valence-electron chi connectivity index (χ2n) is 2.05. The van der Waals surface area contributed by atoms with E-state index >= 15 is 0 Å². The molecule has 0 spiro atoms. The maximum Gasteiger partial charge on any atom is 0.130 e. The summed E-state index contributed by atoms with van der Waals surface area (Å²) < 4.78 is 5.86. The summed E-state index contributed by atoms with van der Waals surface area (Å²) in [6.45, 7) is 2.55. The van der Waals surface area contributed by atoms with Crippen LogP contribution in [-0.2, 0) is 0 Å². The van der Waals surface area contributed by atoms with Gasteiger partial charge in [-0.25, -0.2) is 0 Å². The molecule has 0 saturated heterocycles. The van der Waals surface area contributed by atoms with Gasteiger partial charge in [0.05, 0.1) is 11.1 Å². The van der Waals surface area contributed by atoms with Crippen LogP contribution in [0.15, 0.2) is 22.7 Å². The van der Waals surface area contributed by atoms with Crippen LogP contribution in [0.5, 0.6) is 11.5 Å². The Morgan fingerprint density at radius 1 is 1.55 bits per heavy atom. The van der Waals surface area contributed by atoms with E-state index in [0.717, 1.165) is 5.75 Å². The van der Waals surface area contributed by atoms with Crippen molar-refractivity contribution in [3.8, 4) is 11.5 Å². The summed E-state index contributed by atoms with van der Waals surface area (Å²) in [5.74, 6) is 0.991. The third-order valence-corrected chi connectivity index (χ3v) is 1.87. The summed E-state index contributed by atoms with van der Waals surface area (Å²) in [7, 11) is 0. The molecule has 0 aromatic heterocycles. The molecule has 1 aromatic carbocycles. The van der Waals surface area contributed by atoms with E-state index < -0.39 is 0 Å². The van der Waals surface area contributed by atoms with Crippen molar-refractivity contribution in [3.05, 3.63) is 22.7 Å². The van der Waals surface area contributed by atoms with Crippen molar-refractivity contribution in [1.29, 1.82) is 0 Å². The van der Waals surface area contributed by atoms with E-state index in [1.807, 2.05) is 6.92 Å². The number of hydrogen-bond donors (Lipinski definition) is 1. The average Bonchev–Trinajstić information content (AvgIpc) is 1.98. The number of hydrogen-bond acceptors (Lipinski definition) is 2. The van der Waals surface area contributed by atoms with Gasteiger partial charge < -0.3 is 9.84 Å². The predicted octanol–water partition coefficient (Wildman–Crippen LogP) is 2.55. The lowest BCUT2D eigenvalue weighted by atomic mass is 10.3. The molecule has 11 heavy (non-hydrogen) atoms. The number of rotatable bonds is 2. The van der Waals surface area contributed by atoms with Gasteiger partial charge in [-0.15, -0.1) is 0 Å². The van der Waals surface area contributed by atoms with E-state index in [0.29, 0.717) is 11.1 Å². The van der Waals surface area contributed by atoms with Crippen molar-refractivity contribution >= 4 is 15.9 Å². The Bertz CT molecular complexity index is 248. The molecule has 0 heterocycles. The molecule has 1 N–H and O–H groups in total. The fourth-order valence-corrected chi connectivity index (χ4v) is 1.10. The number of phenolic OH excluding ortho intramolecular Hbond substituents is 1. The van der Waals surface area contributed by atoms with Crippen LogP contribution < -0.4 is 4.74 Å². The highest BCUT2D eigenvalue weighted by Crippen LogP contribution is 2.27. The SMILES string of the molecule is CCOc1ccc(O)c(Br)c1. The molecule has 0 aliphatic carbocycles. The van der Waals surface area contributed by atoms with Crippen LogP contribution in [0, 0.1) is 0 Å². The first-order chi connectivity index (χ1) is 5.24. The Kier molecular flexibility index (Phi) is 2.76. The van der Waals surface area contributed by atoms with Gasteiger partial charge in [0.15, 0.2) is 0 Å². The van der Waals surface area contributed by atoms with Gasteiger partial charge in [0.2, 0.25) is 0 Å². The molecular weight excluding hydrogens is 208 g/mol. The summed E-state index contributed by atoms with van der Waals surface area (Å²) in [6.07, 6.45) is 0. The van der Waals surface area contributed by atoms with Crippen LogP contribution in [0.3, 0.4) is 0 Å². The van der Waals surface area contributed by atoms with E-state index in [1.165, 1.54) is 0 Å². The standard InChI is InChI=1S/C8H9BrO2/c1-2-11-6-3-4-8(10)7(9)5-6/h3-5,10H,2H2,1H3. The zero-order valence-electron chi connectivity index (χ0n) is 6.17. The molecule has 0 radical (unpaired) electrons. The lowest BCUT2D eigenvalue weighted by Gasteiger charge is -2.03. The molecule has 0 fully saturated rings. The largest absolute Gasteiger partial charge is 0.507 e. The van der Waals surface area contributed by atoms with Gasteiger partial charge in [-0.1, -0.05) is 0 Å². The molecule has 0 unspecified atom stereocenters. The van der Waals surface area contributed by atoms with Crippen LogP contribution in [0.4, 0.5) is 0 Å². The number of halogens is 1. The molecule has 0 aliphatic rings.